The van der Waals surface area contributed by atoms with E-state index in [9.17, 15) is 4.79 Å². The Morgan fingerprint density at radius 1 is 1.37 bits per heavy atom. The number of imidazole rings is 1. The molecule has 1 saturated heterocycles. The molecule has 0 spiro atoms. The quantitative estimate of drug-likeness (QED) is 0.787. The SMILES string of the molecule is CC(=O)N1CCC(NCCCCn2ccnc2)CC1. The molecule has 1 N–H and O–H groups in total. The Morgan fingerprint density at radius 3 is 2.79 bits per heavy atom. The van der Waals surface area contributed by atoms with E-state index in [2.05, 4.69) is 14.9 Å². The molecule has 0 aliphatic carbocycles. The van der Waals surface area contributed by atoms with Crippen LogP contribution in [0.15, 0.2) is 18.7 Å². The summed E-state index contributed by atoms with van der Waals surface area (Å²) in [6.45, 7) is 5.58. The van der Waals surface area contributed by atoms with Gasteiger partial charge in [0.25, 0.3) is 0 Å². The van der Waals surface area contributed by atoms with E-state index in [1.165, 1.54) is 12.8 Å². The predicted molar refractivity (Wildman–Crippen MR) is 74.7 cm³/mol. The van der Waals surface area contributed by atoms with Gasteiger partial charge in [-0.15, -0.1) is 0 Å². The van der Waals surface area contributed by atoms with Crippen LogP contribution in [0.2, 0.25) is 0 Å². The zero-order valence-corrected chi connectivity index (χ0v) is 11.7. The molecular weight excluding hydrogens is 240 g/mol. The van der Waals surface area contributed by atoms with Gasteiger partial charge in [0.05, 0.1) is 6.33 Å². The summed E-state index contributed by atoms with van der Waals surface area (Å²) in [7, 11) is 0. The van der Waals surface area contributed by atoms with Crippen molar-refractivity contribution in [3.05, 3.63) is 18.7 Å². The maximum Gasteiger partial charge on any atom is 0.219 e. The number of likely N-dealkylation sites (tertiary alicyclic amines) is 1. The van der Waals surface area contributed by atoms with E-state index in [1.54, 1.807) is 6.92 Å². The number of hydrogen-bond donors (Lipinski definition) is 1. The second kappa shape index (κ2) is 7.28. The van der Waals surface area contributed by atoms with Crippen molar-refractivity contribution >= 4 is 5.91 Å². The molecule has 0 bridgehead atoms. The first-order chi connectivity index (χ1) is 9.25. The van der Waals surface area contributed by atoms with Crippen LogP contribution in [0.5, 0.6) is 0 Å². The molecule has 0 atom stereocenters. The normalized spacial score (nSPS) is 16.8. The lowest BCUT2D eigenvalue weighted by Crippen LogP contribution is -2.44. The Bertz CT molecular complexity index is 369. The Morgan fingerprint density at radius 2 is 2.16 bits per heavy atom. The third-order valence-electron chi connectivity index (χ3n) is 3.78. The Balaban J connectivity index is 1.51. The van der Waals surface area contributed by atoms with E-state index < -0.39 is 0 Å². The van der Waals surface area contributed by atoms with Crippen molar-refractivity contribution in [3.8, 4) is 0 Å². The Labute approximate surface area is 115 Å². The van der Waals surface area contributed by atoms with Crippen LogP contribution in [-0.2, 0) is 11.3 Å². The average Bonchev–Trinajstić information content (AvgIpc) is 2.92. The van der Waals surface area contributed by atoms with Gasteiger partial charge in [-0.25, -0.2) is 4.98 Å². The van der Waals surface area contributed by atoms with Crippen molar-refractivity contribution in [1.29, 1.82) is 0 Å². The van der Waals surface area contributed by atoms with Crippen LogP contribution in [-0.4, -0.2) is 46.0 Å². The summed E-state index contributed by atoms with van der Waals surface area (Å²) in [6, 6.07) is 0.587. The minimum Gasteiger partial charge on any atom is -0.343 e. The molecule has 1 aliphatic heterocycles. The van der Waals surface area contributed by atoms with Crippen LogP contribution in [0.3, 0.4) is 0 Å². The van der Waals surface area contributed by atoms with Gasteiger partial charge >= 0.3 is 0 Å². The molecule has 1 aromatic heterocycles. The molecule has 0 aromatic carbocycles. The highest BCUT2D eigenvalue weighted by Gasteiger charge is 2.19. The molecule has 1 aliphatic rings. The summed E-state index contributed by atoms with van der Waals surface area (Å²) in [5, 5.41) is 3.60. The number of nitrogens with one attached hydrogen (secondary N) is 1. The summed E-state index contributed by atoms with van der Waals surface area (Å²) in [5.41, 5.74) is 0. The van der Waals surface area contributed by atoms with Gasteiger partial charge in [-0.3, -0.25) is 4.79 Å². The first-order valence-electron chi connectivity index (χ1n) is 7.20. The number of piperidine rings is 1. The van der Waals surface area contributed by atoms with Gasteiger partial charge in [0.1, 0.15) is 0 Å². The van der Waals surface area contributed by atoms with Crippen LogP contribution < -0.4 is 5.32 Å². The minimum absolute atomic E-state index is 0.207. The van der Waals surface area contributed by atoms with Crippen LogP contribution >= 0.6 is 0 Å². The fraction of sp³-hybridized carbons (Fsp3) is 0.714. The van der Waals surface area contributed by atoms with E-state index in [1.807, 2.05) is 23.6 Å². The molecule has 0 unspecified atom stereocenters. The number of unbranched alkanes of at least 4 members (excludes halogenated alkanes) is 1. The summed E-state index contributed by atoms with van der Waals surface area (Å²) >= 11 is 0. The topological polar surface area (TPSA) is 50.2 Å². The molecule has 19 heavy (non-hydrogen) atoms. The van der Waals surface area contributed by atoms with E-state index >= 15 is 0 Å². The lowest BCUT2D eigenvalue weighted by atomic mass is 10.0. The van der Waals surface area contributed by atoms with E-state index in [0.717, 1.165) is 39.0 Å². The zero-order valence-electron chi connectivity index (χ0n) is 11.7. The van der Waals surface area contributed by atoms with E-state index in [-0.39, 0.29) is 5.91 Å². The monoisotopic (exact) mass is 264 g/mol. The summed E-state index contributed by atoms with van der Waals surface area (Å²) in [6.07, 6.45) is 10.2. The number of amides is 1. The molecule has 106 valence electrons. The van der Waals surface area contributed by atoms with Crippen molar-refractivity contribution in [3.63, 3.8) is 0 Å². The van der Waals surface area contributed by atoms with Crippen molar-refractivity contribution in [2.45, 2.75) is 45.2 Å². The highest BCUT2D eigenvalue weighted by atomic mass is 16.2. The van der Waals surface area contributed by atoms with Gasteiger partial charge in [-0.1, -0.05) is 0 Å². The van der Waals surface area contributed by atoms with Crippen molar-refractivity contribution in [2.24, 2.45) is 0 Å². The van der Waals surface area contributed by atoms with Crippen LogP contribution in [0, 0.1) is 0 Å². The maximum atomic E-state index is 11.2. The van der Waals surface area contributed by atoms with Gasteiger partial charge in [-0.05, 0) is 32.2 Å². The third kappa shape index (κ3) is 4.67. The summed E-state index contributed by atoms with van der Waals surface area (Å²) in [5.74, 6) is 0.207. The average molecular weight is 264 g/mol. The Kier molecular flexibility index (Phi) is 5.39. The number of aromatic nitrogens is 2. The second-order valence-corrected chi connectivity index (χ2v) is 5.24. The number of hydrogen-bond acceptors (Lipinski definition) is 3. The van der Waals surface area contributed by atoms with E-state index in [4.69, 9.17) is 0 Å². The van der Waals surface area contributed by atoms with Gasteiger partial charge in [0, 0.05) is 45.0 Å². The van der Waals surface area contributed by atoms with Gasteiger partial charge in [-0.2, -0.15) is 0 Å². The number of aryl methyl sites for hydroxylation is 1. The fourth-order valence-electron chi connectivity index (χ4n) is 2.54. The number of carbonyl (C=O) groups is 1. The van der Waals surface area contributed by atoms with Gasteiger partial charge < -0.3 is 14.8 Å². The molecule has 1 aromatic rings. The lowest BCUT2D eigenvalue weighted by molar-refractivity contribution is -0.129. The molecule has 2 heterocycles. The largest absolute Gasteiger partial charge is 0.343 e. The van der Waals surface area contributed by atoms with Crippen molar-refractivity contribution in [2.75, 3.05) is 19.6 Å². The van der Waals surface area contributed by atoms with Gasteiger partial charge in [0.15, 0.2) is 0 Å². The van der Waals surface area contributed by atoms with Gasteiger partial charge in [0.2, 0.25) is 5.91 Å². The molecule has 5 heteroatoms. The molecule has 0 radical (unpaired) electrons. The molecular formula is C14H24N4O. The third-order valence-corrected chi connectivity index (χ3v) is 3.78. The molecule has 1 fully saturated rings. The van der Waals surface area contributed by atoms with Crippen LogP contribution in [0.25, 0.3) is 0 Å². The van der Waals surface area contributed by atoms with Crippen LogP contribution in [0.1, 0.15) is 32.6 Å². The minimum atomic E-state index is 0.207. The highest BCUT2D eigenvalue weighted by Crippen LogP contribution is 2.10. The number of rotatable bonds is 6. The standard InChI is InChI=1S/C14H24N4O/c1-13(19)18-9-4-14(5-10-18)16-6-2-3-8-17-11-7-15-12-17/h7,11-12,14,16H,2-6,8-10H2,1H3. The highest BCUT2D eigenvalue weighted by molar-refractivity contribution is 5.73. The van der Waals surface area contributed by atoms with Crippen molar-refractivity contribution < 1.29 is 4.79 Å². The molecule has 0 saturated carbocycles. The zero-order chi connectivity index (χ0) is 13.5. The Hall–Kier alpha value is -1.36. The number of carbonyl (C=O) groups excluding carboxylic acids is 1. The fourth-order valence-corrected chi connectivity index (χ4v) is 2.54. The summed E-state index contributed by atoms with van der Waals surface area (Å²) in [4.78, 5) is 17.2. The van der Waals surface area contributed by atoms with Crippen LogP contribution in [0.4, 0.5) is 0 Å². The second-order valence-electron chi connectivity index (χ2n) is 5.24. The lowest BCUT2D eigenvalue weighted by Gasteiger charge is -2.31. The maximum absolute atomic E-state index is 11.2. The first kappa shape index (κ1) is 14.1. The smallest absolute Gasteiger partial charge is 0.219 e. The molecule has 1 amide bonds. The van der Waals surface area contributed by atoms with Crippen molar-refractivity contribution in [1.82, 2.24) is 19.8 Å². The molecule has 5 nitrogen and oxygen atoms in total. The van der Waals surface area contributed by atoms with E-state index in [0.29, 0.717) is 6.04 Å². The predicted octanol–water partition coefficient (Wildman–Crippen LogP) is 1.26. The summed E-state index contributed by atoms with van der Waals surface area (Å²) < 4.78 is 2.12. The number of nitrogens with zero attached hydrogens (tertiary/aromatic N) is 3. The molecule has 2 rings (SSSR count). The first-order valence-corrected chi connectivity index (χ1v) is 7.20.